The van der Waals surface area contributed by atoms with E-state index in [9.17, 15) is 0 Å². The molecule has 0 saturated carbocycles. The van der Waals surface area contributed by atoms with Crippen LogP contribution in [0.25, 0.3) is 0 Å². The molecule has 0 aliphatic carbocycles. The van der Waals surface area contributed by atoms with Gasteiger partial charge in [-0.1, -0.05) is 12.1 Å². The topological polar surface area (TPSA) is 15.3 Å². The van der Waals surface area contributed by atoms with Crippen molar-refractivity contribution in [2.24, 2.45) is 0 Å². The third kappa shape index (κ3) is 2.67. The van der Waals surface area contributed by atoms with Crippen molar-refractivity contribution in [3.63, 3.8) is 0 Å². The molecule has 0 atom stereocenters. The Morgan fingerprint density at radius 3 is 3.00 bits per heavy atom. The van der Waals surface area contributed by atoms with E-state index in [0.717, 1.165) is 19.6 Å². The molecule has 2 aliphatic heterocycles. The Bertz CT molecular complexity index is 386. The summed E-state index contributed by atoms with van der Waals surface area (Å²) in [6, 6.07) is 6.85. The molecular formula is C14H20N2S. The maximum absolute atomic E-state index is 3.42. The van der Waals surface area contributed by atoms with E-state index in [1.807, 2.05) is 11.8 Å². The zero-order valence-electron chi connectivity index (χ0n) is 10.2. The largest absolute Gasteiger partial charge is 0.314 e. The minimum Gasteiger partial charge on any atom is -0.314 e. The summed E-state index contributed by atoms with van der Waals surface area (Å²) in [5.74, 6) is 1.30. The van der Waals surface area contributed by atoms with Gasteiger partial charge in [-0.15, -0.1) is 11.8 Å². The average Bonchev–Trinajstić information content (AvgIpc) is 2.40. The predicted octanol–water partition coefficient (Wildman–Crippen LogP) is 2.13. The van der Waals surface area contributed by atoms with Crippen molar-refractivity contribution in [3.8, 4) is 0 Å². The zero-order valence-corrected chi connectivity index (χ0v) is 11.1. The quantitative estimate of drug-likeness (QED) is 0.863. The SMILES string of the molecule is c1cc(CN2CCNCC2)c2c(c1)SCCC2. The standard InChI is InChI=1S/C14H20N2S/c1-3-12(11-16-8-6-15-7-9-16)13-4-2-10-17-14(13)5-1/h1,3,5,15H,2,4,6-11H2. The van der Waals surface area contributed by atoms with Crippen LogP contribution in [0.2, 0.25) is 0 Å². The Balaban J connectivity index is 1.77. The highest BCUT2D eigenvalue weighted by Gasteiger charge is 2.16. The highest BCUT2D eigenvalue weighted by molar-refractivity contribution is 7.99. The van der Waals surface area contributed by atoms with Crippen LogP contribution in [0.1, 0.15) is 17.5 Å². The summed E-state index contributed by atoms with van der Waals surface area (Å²) in [5.41, 5.74) is 3.19. The van der Waals surface area contributed by atoms with Crippen LogP contribution in [-0.4, -0.2) is 36.8 Å². The number of fused-ring (bicyclic) bond motifs is 1. The molecule has 1 aromatic carbocycles. The molecule has 3 heteroatoms. The van der Waals surface area contributed by atoms with Gasteiger partial charge in [0, 0.05) is 37.6 Å². The van der Waals surface area contributed by atoms with E-state index in [4.69, 9.17) is 0 Å². The van der Waals surface area contributed by atoms with Gasteiger partial charge in [0.2, 0.25) is 0 Å². The molecule has 1 aromatic rings. The zero-order chi connectivity index (χ0) is 11.5. The van der Waals surface area contributed by atoms with E-state index in [0.29, 0.717) is 0 Å². The molecule has 2 aliphatic rings. The number of hydrogen-bond acceptors (Lipinski definition) is 3. The normalized spacial score (nSPS) is 21.2. The van der Waals surface area contributed by atoms with Gasteiger partial charge >= 0.3 is 0 Å². The molecular weight excluding hydrogens is 228 g/mol. The maximum atomic E-state index is 3.42. The molecule has 1 N–H and O–H groups in total. The van der Waals surface area contributed by atoms with Gasteiger partial charge in [-0.2, -0.15) is 0 Å². The van der Waals surface area contributed by atoms with E-state index in [2.05, 4.69) is 28.4 Å². The fourth-order valence-corrected chi connectivity index (χ4v) is 3.81. The Hall–Kier alpha value is -0.510. The molecule has 17 heavy (non-hydrogen) atoms. The summed E-state index contributed by atoms with van der Waals surface area (Å²) in [4.78, 5) is 4.11. The fourth-order valence-electron chi connectivity index (χ4n) is 2.72. The highest BCUT2D eigenvalue weighted by Crippen LogP contribution is 2.32. The highest BCUT2D eigenvalue weighted by atomic mass is 32.2. The number of hydrogen-bond donors (Lipinski definition) is 1. The Morgan fingerprint density at radius 1 is 1.24 bits per heavy atom. The van der Waals surface area contributed by atoms with Crippen molar-refractivity contribution in [1.82, 2.24) is 10.2 Å². The van der Waals surface area contributed by atoms with E-state index in [1.165, 1.54) is 36.6 Å². The van der Waals surface area contributed by atoms with Gasteiger partial charge in [0.1, 0.15) is 0 Å². The molecule has 3 rings (SSSR count). The molecule has 2 heterocycles. The second kappa shape index (κ2) is 5.42. The van der Waals surface area contributed by atoms with Crippen molar-refractivity contribution in [2.45, 2.75) is 24.3 Å². The van der Waals surface area contributed by atoms with Crippen LogP contribution < -0.4 is 5.32 Å². The first-order valence-corrected chi connectivity index (χ1v) is 7.59. The first-order valence-electron chi connectivity index (χ1n) is 6.60. The Morgan fingerprint density at radius 2 is 2.12 bits per heavy atom. The summed E-state index contributed by atoms with van der Waals surface area (Å²) in [6.45, 7) is 5.81. The molecule has 92 valence electrons. The van der Waals surface area contributed by atoms with Crippen LogP contribution >= 0.6 is 11.8 Å². The lowest BCUT2D eigenvalue weighted by Crippen LogP contribution is -2.43. The number of benzene rings is 1. The maximum Gasteiger partial charge on any atom is 0.0237 e. The third-order valence-corrected chi connectivity index (χ3v) is 4.85. The van der Waals surface area contributed by atoms with Crippen LogP contribution in [0.3, 0.4) is 0 Å². The van der Waals surface area contributed by atoms with E-state index >= 15 is 0 Å². The van der Waals surface area contributed by atoms with E-state index in [-0.39, 0.29) is 0 Å². The molecule has 1 fully saturated rings. The second-order valence-corrected chi connectivity index (χ2v) is 6.01. The fraction of sp³-hybridized carbons (Fsp3) is 0.571. The summed E-state index contributed by atoms with van der Waals surface area (Å²) in [5, 5.41) is 3.42. The molecule has 1 saturated heterocycles. The first-order chi connectivity index (χ1) is 8.43. The van der Waals surface area contributed by atoms with Crippen molar-refractivity contribution < 1.29 is 0 Å². The predicted molar refractivity (Wildman–Crippen MR) is 73.6 cm³/mol. The summed E-state index contributed by atoms with van der Waals surface area (Å²) in [7, 11) is 0. The van der Waals surface area contributed by atoms with Crippen LogP contribution in [-0.2, 0) is 13.0 Å². The van der Waals surface area contributed by atoms with Crippen molar-refractivity contribution in [3.05, 3.63) is 29.3 Å². The molecule has 0 bridgehead atoms. The van der Waals surface area contributed by atoms with Crippen LogP contribution in [0.15, 0.2) is 23.1 Å². The van der Waals surface area contributed by atoms with Gasteiger partial charge in [-0.3, -0.25) is 4.90 Å². The van der Waals surface area contributed by atoms with Crippen molar-refractivity contribution in [1.29, 1.82) is 0 Å². The van der Waals surface area contributed by atoms with Crippen LogP contribution in [0.4, 0.5) is 0 Å². The van der Waals surface area contributed by atoms with Crippen LogP contribution in [0.5, 0.6) is 0 Å². The summed E-state index contributed by atoms with van der Waals surface area (Å²) >= 11 is 2.03. The lowest BCUT2D eigenvalue weighted by Gasteiger charge is -2.29. The van der Waals surface area contributed by atoms with Gasteiger partial charge in [0.05, 0.1) is 0 Å². The summed E-state index contributed by atoms with van der Waals surface area (Å²) in [6.07, 6.45) is 2.63. The number of nitrogens with one attached hydrogen (secondary N) is 1. The van der Waals surface area contributed by atoms with Gasteiger partial charge in [0.25, 0.3) is 0 Å². The van der Waals surface area contributed by atoms with Crippen LogP contribution in [0, 0.1) is 0 Å². The van der Waals surface area contributed by atoms with E-state index < -0.39 is 0 Å². The number of thioether (sulfide) groups is 1. The first kappa shape index (κ1) is 11.6. The molecule has 0 unspecified atom stereocenters. The molecule has 0 radical (unpaired) electrons. The molecule has 0 spiro atoms. The molecule has 0 aromatic heterocycles. The van der Waals surface area contributed by atoms with Gasteiger partial charge in [-0.05, 0) is 35.8 Å². The number of nitrogens with zero attached hydrogens (tertiary/aromatic N) is 1. The van der Waals surface area contributed by atoms with Gasteiger partial charge < -0.3 is 5.32 Å². The Labute approximate surface area is 108 Å². The second-order valence-electron chi connectivity index (χ2n) is 4.87. The molecule has 2 nitrogen and oxygen atoms in total. The minimum atomic E-state index is 1.14. The average molecular weight is 248 g/mol. The lowest BCUT2D eigenvalue weighted by molar-refractivity contribution is 0.232. The third-order valence-electron chi connectivity index (χ3n) is 3.66. The molecule has 0 amide bonds. The smallest absolute Gasteiger partial charge is 0.0237 e. The number of piperazine rings is 1. The van der Waals surface area contributed by atoms with Crippen molar-refractivity contribution in [2.75, 3.05) is 31.9 Å². The van der Waals surface area contributed by atoms with Gasteiger partial charge in [-0.25, -0.2) is 0 Å². The number of rotatable bonds is 2. The lowest BCUT2D eigenvalue weighted by atomic mass is 10.0. The Kier molecular flexibility index (Phi) is 3.69. The minimum absolute atomic E-state index is 1.14. The van der Waals surface area contributed by atoms with E-state index in [1.54, 1.807) is 11.1 Å². The van der Waals surface area contributed by atoms with Crippen molar-refractivity contribution >= 4 is 11.8 Å². The summed E-state index contributed by atoms with van der Waals surface area (Å²) < 4.78 is 0. The monoisotopic (exact) mass is 248 g/mol. The van der Waals surface area contributed by atoms with Gasteiger partial charge in [0.15, 0.2) is 0 Å².